The van der Waals surface area contributed by atoms with Gasteiger partial charge in [-0.25, -0.2) is 13.2 Å². The third-order valence-electron chi connectivity index (χ3n) is 5.47. The molecule has 146 valence electrons. The van der Waals surface area contributed by atoms with Crippen LogP contribution in [0.3, 0.4) is 0 Å². The van der Waals surface area contributed by atoms with Gasteiger partial charge in [0, 0.05) is 18.2 Å². The molecule has 0 bridgehead atoms. The first-order valence-corrected chi connectivity index (χ1v) is 9.43. The van der Waals surface area contributed by atoms with Gasteiger partial charge in [0.2, 0.25) is 0 Å². The van der Waals surface area contributed by atoms with Crippen molar-refractivity contribution in [1.29, 1.82) is 0 Å². The van der Waals surface area contributed by atoms with Gasteiger partial charge in [-0.05, 0) is 61.6 Å². The normalized spacial score (nSPS) is 19.9. The molecule has 1 saturated carbocycles. The van der Waals surface area contributed by atoms with Crippen LogP contribution in [0.5, 0.6) is 5.75 Å². The van der Waals surface area contributed by atoms with E-state index in [1.807, 2.05) is 6.92 Å². The lowest BCUT2D eigenvalue weighted by atomic mass is 9.76. The summed E-state index contributed by atoms with van der Waals surface area (Å²) in [5.41, 5.74) is 1.33. The maximum absolute atomic E-state index is 14.5. The quantitative estimate of drug-likeness (QED) is 0.605. The van der Waals surface area contributed by atoms with Crippen molar-refractivity contribution in [2.45, 2.75) is 51.0 Å². The second kappa shape index (κ2) is 8.79. The number of ether oxygens (including phenoxy) is 2. The zero-order chi connectivity index (χ0) is 19.4. The Bertz CT molecular complexity index is 783. The van der Waals surface area contributed by atoms with Crippen LogP contribution in [0.15, 0.2) is 30.3 Å². The van der Waals surface area contributed by atoms with Crippen LogP contribution >= 0.6 is 0 Å². The molecule has 0 heterocycles. The summed E-state index contributed by atoms with van der Waals surface area (Å²) < 4.78 is 53.4. The first-order valence-electron chi connectivity index (χ1n) is 9.43. The Labute approximate surface area is 158 Å². The van der Waals surface area contributed by atoms with E-state index in [2.05, 4.69) is 0 Å². The summed E-state index contributed by atoms with van der Waals surface area (Å²) in [6.07, 6.45) is 2.90. The molecule has 2 aromatic rings. The molecule has 0 atom stereocenters. The van der Waals surface area contributed by atoms with E-state index in [1.54, 1.807) is 24.3 Å². The van der Waals surface area contributed by atoms with Crippen LogP contribution in [0.2, 0.25) is 0 Å². The van der Waals surface area contributed by atoms with Gasteiger partial charge in [-0.2, -0.15) is 0 Å². The molecule has 5 heteroatoms. The fraction of sp³-hybridized carbons (Fsp3) is 0.455. The maximum atomic E-state index is 14.5. The number of methoxy groups -OCH3 is 1. The monoisotopic (exact) mass is 378 g/mol. The van der Waals surface area contributed by atoms with E-state index < -0.39 is 11.6 Å². The van der Waals surface area contributed by atoms with Crippen LogP contribution in [0, 0.1) is 17.5 Å². The Kier molecular flexibility index (Phi) is 6.42. The average molecular weight is 378 g/mol. The van der Waals surface area contributed by atoms with Gasteiger partial charge < -0.3 is 9.47 Å². The lowest BCUT2D eigenvalue weighted by molar-refractivity contribution is 0.131. The fourth-order valence-corrected chi connectivity index (χ4v) is 3.92. The van der Waals surface area contributed by atoms with Crippen molar-refractivity contribution < 1.29 is 22.6 Å². The first kappa shape index (κ1) is 19.7. The van der Waals surface area contributed by atoms with Crippen LogP contribution in [-0.4, -0.2) is 13.7 Å². The highest BCUT2D eigenvalue weighted by Gasteiger charge is 2.28. The molecule has 0 unspecified atom stereocenters. The molecule has 1 aliphatic carbocycles. The Morgan fingerprint density at radius 1 is 0.889 bits per heavy atom. The summed E-state index contributed by atoms with van der Waals surface area (Å²) in [6.45, 7) is 2.34. The third-order valence-corrected chi connectivity index (χ3v) is 5.47. The molecule has 0 saturated heterocycles. The lowest BCUT2D eigenvalue weighted by Gasteiger charge is -2.29. The van der Waals surface area contributed by atoms with Gasteiger partial charge in [0.25, 0.3) is 0 Å². The van der Waals surface area contributed by atoms with Crippen molar-refractivity contribution in [3.8, 4) is 5.75 Å². The minimum atomic E-state index is -0.815. The molecule has 0 amide bonds. The predicted molar refractivity (Wildman–Crippen MR) is 98.6 cm³/mol. The molecule has 2 aromatic carbocycles. The zero-order valence-corrected chi connectivity index (χ0v) is 15.7. The van der Waals surface area contributed by atoms with Gasteiger partial charge in [0.05, 0.1) is 13.7 Å². The van der Waals surface area contributed by atoms with Crippen molar-refractivity contribution in [2.75, 3.05) is 13.7 Å². The number of halogens is 3. The largest absolute Gasteiger partial charge is 0.497 e. The number of benzene rings is 2. The molecule has 0 N–H and O–H groups in total. The summed E-state index contributed by atoms with van der Waals surface area (Å²) in [6, 6.07) is 8.20. The molecule has 0 radical (unpaired) electrons. The van der Waals surface area contributed by atoms with Crippen molar-refractivity contribution in [1.82, 2.24) is 0 Å². The topological polar surface area (TPSA) is 18.5 Å². The summed E-state index contributed by atoms with van der Waals surface area (Å²) in [5.74, 6) is -1.31. The van der Waals surface area contributed by atoms with E-state index in [0.717, 1.165) is 12.8 Å². The number of hydrogen-bond acceptors (Lipinski definition) is 2. The molecule has 2 nitrogen and oxygen atoms in total. The van der Waals surface area contributed by atoms with E-state index >= 15 is 0 Å². The molecule has 27 heavy (non-hydrogen) atoms. The van der Waals surface area contributed by atoms with Crippen LogP contribution < -0.4 is 4.74 Å². The molecule has 3 rings (SSSR count). The van der Waals surface area contributed by atoms with Crippen LogP contribution in [-0.2, 0) is 11.3 Å². The summed E-state index contributed by atoms with van der Waals surface area (Å²) >= 11 is 0. The van der Waals surface area contributed by atoms with Crippen molar-refractivity contribution in [3.05, 3.63) is 64.5 Å². The standard InChI is InChI=1S/C22H25F3O2/c1-3-27-13-16-8-10-19(22(25)21(16)24)15-6-4-14(5-7-15)18-11-9-17(26-2)12-20(18)23/h8-12,14-15H,3-7,13H2,1-2H3. The maximum Gasteiger partial charge on any atom is 0.164 e. The van der Waals surface area contributed by atoms with Crippen molar-refractivity contribution in [2.24, 2.45) is 0 Å². The second-order valence-electron chi connectivity index (χ2n) is 7.02. The van der Waals surface area contributed by atoms with E-state index in [4.69, 9.17) is 9.47 Å². The van der Waals surface area contributed by atoms with Gasteiger partial charge in [0.15, 0.2) is 11.6 Å². The lowest BCUT2D eigenvalue weighted by Crippen LogP contribution is -2.15. The van der Waals surface area contributed by atoms with Crippen LogP contribution in [0.25, 0.3) is 0 Å². The zero-order valence-electron chi connectivity index (χ0n) is 15.7. The highest BCUT2D eigenvalue weighted by atomic mass is 19.2. The van der Waals surface area contributed by atoms with Gasteiger partial charge >= 0.3 is 0 Å². The molecule has 1 aliphatic rings. The Morgan fingerprint density at radius 2 is 1.52 bits per heavy atom. The molecule has 0 spiro atoms. The third kappa shape index (κ3) is 4.29. The SMILES string of the molecule is CCOCc1ccc(C2CCC(c3ccc(OC)cc3F)CC2)c(F)c1F. The van der Waals surface area contributed by atoms with E-state index in [-0.39, 0.29) is 29.8 Å². The van der Waals surface area contributed by atoms with Gasteiger partial charge in [-0.3, -0.25) is 0 Å². The summed E-state index contributed by atoms with van der Waals surface area (Å²) in [5, 5.41) is 0. The van der Waals surface area contributed by atoms with E-state index in [9.17, 15) is 13.2 Å². The highest BCUT2D eigenvalue weighted by Crippen LogP contribution is 2.42. The first-order chi connectivity index (χ1) is 13.0. The molecule has 1 fully saturated rings. The van der Waals surface area contributed by atoms with Gasteiger partial charge in [0.1, 0.15) is 11.6 Å². The van der Waals surface area contributed by atoms with Gasteiger partial charge in [-0.1, -0.05) is 18.2 Å². The van der Waals surface area contributed by atoms with Crippen LogP contribution in [0.4, 0.5) is 13.2 Å². The highest BCUT2D eigenvalue weighted by molar-refractivity contribution is 5.33. The predicted octanol–water partition coefficient (Wildman–Crippen LogP) is 6.09. The van der Waals surface area contributed by atoms with Crippen LogP contribution in [0.1, 0.15) is 61.1 Å². The minimum Gasteiger partial charge on any atom is -0.497 e. The Hall–Kier alpha value is -2.01. The number of rotatable bonds is 6. The van der Waals surface area contributed by atoms with Crippen molar-refractivity contribution >= 4 is 0 Å². The molecule has 0 aliphatic heterocycles. The van der Waals surface area contributed by atoms with Gasteiger partial charge in [-0.15, -0.1) is 0 Å². The Morgan fingerprint density at radius 3 is 2.11 bits per heavy atom. The fourth-order valence-electron chi connectivity index (χ4n) is 3.92. The number of hydrogen-bond donors (Lipinski definition) is 0. The van der Waals surface area contributed by atoms with Crippen molar-refractivity contribution in [3.63, 3.8) is 0 Å². The van der Waals surface area contributed by atoms with E-state index in [0.29, 0.717) is 36.3 Å². The molecule has 0 aromatic heterocycles. The summed E-state index contributed by atoms with van der Waals surface area (Å²) in [4.78, 5) is 0. The van der Waals surface area contributed by atoms with E-state index in [1.165, 1.54) is 13.2 Å². The smallest absolute Gasteiger partial charge is 0.164 e. The average Bonchev–Trinajstić information content (AvgIpc) is 2.69. The molecular formula is C22H25F3O2. The summed E-state index contributed by atoms with van der Waals surface area (Å²) in [7, 11) is 1.51. The molecular weight excluding hydrogens is 353 g/mol. The Balaban J connectivity index is 1.70. The minimum absolute atomic E-state index is 0.0433. The second-order valence-corrected chi connectivity index (χ2v) is 7.02.